The Labute approximate surface area is 136 Å². The van der Waals surface area contributed by atoms with Crippen molar-refractivity contribution in [1.29, 1.82) is 0 Å². The molecule has 0 aliphatic heterocycles. The normalized spacial score (nSPS) is 16.2. The molecule has 0 radical (unpaired) electrons. The van der Waals surface area contributed by atoms with Gasteiger partial charge in [-0.2, -0.15) is 0 Å². The van der Waals surface area contributed by atoms with Crippen LogP contribution < -0.4 is 4.74 Å². The first-order chi connectivity index (χ1) is 10.1. The van der Waals surface area contributed by atoms with E-state index in [9.17, 15) is 5.11 Å². The maximum absolute atomic E-state index is 10.2. The van der Waals surface area contributed by atoms with Crippen LogP contribution in [0.1, 0.15) is 26.2 Å². The van der Waals surface area contributed by atoms with Crippen LogP contribution in [0.4, 0.5) is 0 Å². The van der Waals surface area contributed by atoms with Gasteiger partial charge in [-0.1, -0.05) is 30.1 Å². The van der Waals surface area contributed by atoms with Gasteiger partial charge in [0.2, 0.25) is 0 Å². The van der Waals surface area contributed by atoms with Gasteiger partial charge >= 0.3 is 0 Å². The van der Waals surface area contributed by atoms with E-state index in [1.807, 2.05) is 0 Å². The van der Waals surface area contributed by atoms with Gasteiger partial charge in [0.1, 0.15) is 18.5 Å². The lowest BCUT2D eigenvalue weighted by molar-refractivity contribution is 0.0666. The zero-order chi connectivity index (χ0) is 15.2. The predicted octanol–water partition coefficient (Wildman–Crippen LogP) is 3.86. The minimum atomic E-state index is -0.523. The number of rotatable bonds is 9. The molecule has 1 aliphatic rings. The van der Waals surface area contributed by atoms with Crippen LogP contribution in [-0.4, -0.2) is 42.4 Å². The van der Waals surface area contributed by atoms with Crippen LogP contribution in [0.25, 0.3) is 0 Å². The minimum absolute atomic E-state index is 0.227. The topological polar surface area (TPSA) is 32.7 Å². The Balaban J connectivity index is 1.79. The van der Waals surface area contributed by atoms with Crippen molar-refractivity contribution >= 4 is 23.2 Å². The molecule has 0 heterocycles. The molecule has 1 N–H and O–H groups in total. The molecule has 0 unspecified atom stereocenters. The zero-order valence-electron chi connectivity index (χ0n) is 12.4. The van der Waals surface area contributed by atoms with E-state index < -0.39 is 6.10 Å². The summed E-state index contributed by atoms with van der Waals surface area (Å²) in [6, 6.07) is 5.08. The number of hydrogen-bond donors (Lipinski definition) is 1. The second-order valence-corrected chi connectivity index (χ2v) is 6.59. The van der Waals surface area contributed by atoms with Crippen LogP contribution in [0.2, 0.25) is 10.0 Å². The number of nitrogens with zero attached hydrogens (tertiary/aromatic N) is 1. The van der Waals surface area contributed by atoms with E-state index in [4.69, 9.17) is 27.9 Å². The van der Waals surface area contributed by atoms with Gasteiger partial charge in [-0.15, -0.1) is 0 Å². The van der Waals surface area contributed by atoms with Gasteiger partial charge in [0.05, 0.1) is 5.02 Å². The van der Waals surface area contributed by atoms with Crippen LogP contribution >= 0.6 is 23.2 Å². The molecule has 0 bridgehead atoms. The van der Waals surface area contributed by atoms with Crippen molar-refractivity contribution in [1.82, 2.24) is 4.90 Å². The van der Waals surface area contributed by atoms with Crippen molar-refractivity contribution in [3.63, 3.8) is 0 Å². The number of aliphatic hydroxyl groups excluding tert-OH is 1. The van der Waals surface area contributed by atoms with E-state index in [0.29, 0.717) is 22.3 Å². The smallest absolute Gasteiger partial charge is 0.139 e. The SMILES string of the molecule is CCCN(CC1CC1)C[C@H](O)COc1cc(Cl)ccc1Cl. The van der Waals surface area contributed by atoms with Crippen LogP contribution in [-0.2, 0) is 0 Å². The third-order valence-electron chi connectivity index (χ3n) is 3.55. The molecule has 3 nitrogen and oxygen atoms in total. The van der Waals surface area contributed by atoms with Crippen LogP contribution in [0, 0.1) is 5.92 Å². The molecule has 118 valence electrons. The zero-order valence-corrected chi connectivity index (χ0v) is 13.9. The summed E-state index contributed by atoms with van der Waals surface area (Å²) in [5, 5.41) is 11.2. The fourth-order valence-corrected chi connectivity index (χ4v) is 2.70. The summed E-state index contributed by atoms with van der Waals surface area (Å²) < 4.78 is 5.59. The van der Waals surface area contributed by atoms with E-state index in [1.54, 1.807) is 18.2 Å². The van der Waals surface area contributed by atoms with Crippen molar-refractivity contribution < 1.29 is 9.84 Å². The molecule has 1 aromatic carbocycles. The molecule has 2 rings (SSSR count). The summed E-state index contributed by atoms with van der Waals surface area (Å²) in [7, 11) is 0. The Kier molecular flexibility index (Phi) is 6.62. The molecular weight excluding hydrogens is 309 g/mol. The Hall–Kier alpha value is -0.480. The summed E-state index contributed by atoms with van der Waals surface area (Å²) in [6.07, 6.45) is 3.22. The Morgan fingerprint density at radius 2 is 2.14 bits per heavy atom. The molecular formula is C16H23Cl2NO2. The highest BCUT2D eigenvalue weighted by Gasteiger charge is 2.25. The van der Waals surface area contributed by atoms with Crippen molar-refractivity contribution in [2.75, 3.05) is 26.2 Å². The third-order valence-corrected chi connectivity index (χ3v) is 4.09. The molecule has 1 fully saturated rings. The molecule has 1 aliphatic carbocycles. The number of hydrogen-bond acceptors (Lipinski definition) is 3. The Morgan fingerprint density at radius 3 is 2.81 bits per heavy atom. The lowest BCUT2D eigenvalue weighted by atomic mass is 10.2. The van der Waals surface area contributed by atoms with Gasteiger partial charge < -0.3 is 14.7 Å². The van der Waals surface area contributed by atoms with E-state index in [0.717, 1.165) is 25.4 Å². The number of aliphatic hydroxyl groups is 1. The monoisotopic (exact) mass is 331 g/mol. The predicted molar refractivity (Wildman–Crippen MR) is 87.4 cm³/mol. The first kappa shape index (κ1) is 16.9. The first-order valence-electron chi connectivity index (χ1n) is 7.56. The fraction of sp³-hybridized carbons (Fsp3) is 0.625. The van der Waals surface area contributed by atoms with Crippen LogP contribution in [0.5, 0.6) is 5.75 Å². The van der Waals surface area contributed by atoms with Crippen molar-refractivity contribution in [3.8, 4) is 5.75 Å². The molecule has 5 heteroatoms. The highest BCUT2D eigenvalue weighted by atomic mass is 35.5. The fourth-order valence-electron chi connectivity index (χ4n) is 2.36. The van der Waals surface area contributed by atoms with Gasteiger partial charge in [-0.25, -0.2) is 0 Å². The van der Waals surface area contributed by atoms with Crippen molar-refractivity contribution in [3.05, 3.63) is 28.2 Å². The third kappa shape index (κ3) is 6.03. The van der Waals surface area contributed by atoms with Crippen molar-refractivity contribution in [2.24, 2.45) is 5.92 Å². The molecule has 1 aromatic rings. The maximum atomic E-state index is 10.2. The number of benzene rings is 1. The van der Waals surface area contributed by atoms with E-state index in [1.165, 1.54) is 12.8 Å². The molecule has 1 atom stereocenters. The molecule has 21 heavy (non-hydrogen) atoms. The highest BCUT2D eigenvalue weighted by Crippen LogP contribution is 2.30. The molecule has 0 spiro atoms. The van der Waals surface area contributed by atoms with Crippen LogP contribution in [0.15, 0.2) is 18.2 Å². The molecule has 0 aromatic heterocycles. The largest absolute Gasteiger partial charge is 0.489 e. The summed E-state index contributed by atoms with van der Waals surface area (Å²) in [5.74, 6) is 1.35. The number of ether oxygens (including phenoxy) is 1. The van der Waals surface area contributed by atoms with E-state index in [-0.39, 0.29) is 6.61 Å². The Bertz CT molecular complexity index is 452. The lowest BCUT2D eigenvalue weighted by Crippen LogP contribution is -2.37. The van der Waals surface area contributed by atoms with E-state index in [2.05, 4.69) is 11.8 Å². The molecule has 0 amide bonds. The van der Waals surface area contributed by atoms with Gasteiger partial charge in [-0.3, -0.25) is 0 Å². The standard InChI is InChI=1S/C16H23Cl2NO2/c1-2-7-19(9-12-3-4-12)10-14(20)11-21-16-8-13(17)5-6-15(16)18/h5-6,8,12,14,20H,2-4,7,9-11H2,1H3/t14-/m0/s1. The average molecular weight is 332 g/mol. The van der Waals surface area contributed by atoms with Gasteiger partial charge in [0, 0.05) is 24.2 Å². The maximum Gasteiger partial charge on any atom is 0.139 e. The van der Waals surface area contributed by atoms with Gasteiger partial charge in [0.15, 0.2) is 0 Å². The average Bonchev–Trinajstić information content (AvgIpc) is 3.24. The van der Waals surface area contributed by atoms with Crippen LogP contribution in [0.3, 0.4) is 0 Å². The highest BCUT2D eigenvalue weighted by molar-refractivity contribution is 6.34. The summed E-state index contributed by atoms with van der Waals surface area (Å²) >= 11 is 11.9. The number of halogens is 2. The second kappa shape index (κ2) is 8.23. The van der Waals surface area contributed by atoms with E-state index >= 15 is 0 Å². The quantitative estimate of drug-likeness (QED) is 0.745. The van der Waals surface area contributed by atoms with Crippen molar-refractivity contribution in [2.45, 2.75) is 32.3 Å². The van der Waals surface area contributed by atoms with Gasteiger partial charge in [0.25, 0.3) is 0 Å². The first-order valence-corrected chi connectivity index (χ1v) is 8.32. The minimum Gasteiger partial charge on any atom is -0.489 e. The van der Waals surface area contributed by atoms with Gasteiger partial charge in [-0.05, 0) is 43.9 Å². The summed E-state index contributed by atoms with van der Waals surface area (Å²) in [6.45, 7) is 5.14. The summed E-state index contributed by atoms with van der Waals surface area (Å²) in [5.41, 5.74) is 0. The Morgan fingerprint density at radius 1 is 1.38 bits per heavy atom. The molecule has 1 saturated carbocycles. The summed E-state index contributed by atoms with van der Waals surface area (Å²) in [4.78, 5) is 2.32. The molecule has 0 saturated heterocycles. The lowest BCUT2D eigenvalue weighted by Gasteiger charge is -2.24. The second-order valence-electron chi connectivity index (χ2n) is 5.74.